The van der Waals surface area contributed by atoms with Crippen LogP contribution in [-0.2, 0) is 10.9 Å². The summed E-state index contributed by atoms with van der Waals surface area (Å²) in [6.45, 7) is 25.6. The fourth-order valence-corrected chi connectivity index (χ4v) is 10.8. The topological polar surface area (TPSA) is 55.4 Å². The Balaban J connectivity index is 1.45. The van der Waals surface area contributed by atoms with Crippen LogP contribution in [0.25, 0.3) is 28.0 Å². The van der Waals surface area contributed by atoms with Crippen molar-refractivity contribution in [3.05, 3.63) is 177 Å². The minimum atomic E-state index is -2.16. The van der Waals surface area contributed by atoms with Crippen LogP contribution in [0.4, 0.5) is 0 Å². The summed E-state index contributed by atoms with van der Waals surface area (Å²) in [7, 11) is -4.26. The second-order valence-electron chi connectivity index (χ2n) is 19.1. The van der Waals surface area contributed by atoms with Gasteiger partial charge in [-0.25, -0.2) is 0 Å². The Hall–Kier alpha value is -5.98. The van der Waals surface area contributed by atoms with Gasteiger partial charge in [-0.3, -0.25) is 0 Å². The van der Waals surface area contributed by atoms with Gasteiger partial charge in [0.1, 0.15) is 34.5 Å². The van der Waals surface area contributed by atoms with Gasteiger partial charge in [0.2, 0.25) is 0 Å². The molecule has 0 fully saturated rings. The highest BCUT2D eigenvalue weighted by molar-refractivity contribution is 7.43. The molecule has 6 nitrogen and oxygen atoms in total. The highest BCUT2D eigenvalue weighted by atomic mass is 31.2. The molecule has 6 aromatic carbocycles. The summed E-state index contributed by atoms with van der Waals surface area (Å²) < 4.78 is 42.7. The first-order valence-corrected chi connectivity index (χ1v) is 26.6. The number of fused-ring (bicyclic) bond motifs is 2. The smallest absolute Gasteiger partial charge is 0.409 e. The van der Waals surface area contributed by atoms with E-state index in [1.54, 1.807) is 6.08 Å². The quantitative estimate of drug-likeness (QED) is 0.0349. The van der Waals surface area contributed by atoms with E-state index in [2.05, 4.69) is 204 Å². The third kappa shape index (κ3) is 12.3. The Bertz CT molecular complexity index is 2860. The van der Waals surface area contributed by atoms with Crippen molar-refractivity contribution in [2.45, 2.75) is 120 Å². The van der Waals surface area contributed by atoms with Crippen LogP contribution >= 0.6 is 17.2 Å². The first-order valence-electron chi connectivity index (χ1n) is 24.4. The molecule has 358 valence electrons. The van der Waals surface area contributed by atoms with Crippen molar-refractivity contribution in [1.29, 1.82) is 0 Å². The average Bonchev–Trinajstić information content (AvgIpc) is 3.30. The Labute approximate surface area is 414 Å². The predicted octanol–water partition coefficient (Wildman–Crippen LogP) is 18.7. The van der Waals surface area contributed by atoms with Gasteiger partial charge < -0.3 is 27.1 Å². The molecule has 0 bridgehead atoms. The van der Waals surface area contributed by atoms with Crippen LogP contribution in [0.15, 0.2) is 133 Å². The fourth-order valence-electron chi connectivity index (χ4n) is 8.63. The van der Waals surface area contributed by atoms with Crippen LogP contribution in [0.1, 0.15) is 137 Å². The molecule has 1 unspecified atom stereocenters. The summed E-state index contributed by atoms with van der Waals surface area (Å²) in [5.41, 5.74) is 11.3. The summed E-state index contributed by atoms with van der Waals surface area (Å²) in [6, 6.07) is 35.7. The van der Waals surface area contributed by atoms with E-state index < -0.39 is 17.2 Å². The van der Waals surface area contributed by atoms with Crippen molar-refractivity contribution in [3.63, 3.8) is 0 Å². The van der Waals surface area contributed by atoms with Crippen molar-refractivity contribution >= 4 is 34.1 Å². The molecular formula is C61H68O6P2. The molecule has 0 saturated heterocycles. The lowest BCUT2D eigenvalue weighted by atomic mass is 9.86. The van der Waals surface area contributed by atoms with Crippen LogP contribution in [0.5, 0.6) is 28.7 Å². The molecule has 69 heavy (non-hydrogen) atoms. The zero-order chi connectivity index (χ0) is 49.4. The van der Waals surface area contributed by atoms with Crippen molar-refractivity contribution in [3.8, 4) is 52.2 Å². The zero-order valence-electron chi connectivity index (χ0n) is 42.5. The highest BCUT2D eigenvalue weighted by Gasteiger charge is 2.32. The molecule has 1 aliphatic carbocycles. The third-order valence-electron chi connectivity index (χ3n) is 12.3. The van der Waals surface area contributed by atoms with Crippen molar-refractivity contribution in [2.75, 3.05) is 0 Å². The Morgan fingerprint density at radius 2 is 1.12 bits per heavy atom. The van der Waals surface area contributed by atoms with Crippen LogP contribution in [0.3, 0.4) is 0 Å². The highest BCUT2D eigenvalue weighted by Crippen LogP contribution is 2.55. The first kappa shape index (κ1) is 50.9. The number of aryl methyl sites for hydroxylation is 3. The van der Waals surface area contributed by atoms with Crippen molar-refractivity contribution in [1.82, 2.24) is 0 Å². The first-order chi connectivity index (χ1) is 33.1. The maximum atomic E-state index is 7.31. The summed E-state index contributed by atoms with van der Waals surface area (Å²) in [5, 5.41) is 2.04. The van der Waals surface area contributed by atoms with E-state index in [1.807, 2.05) is 6.07 Å². The summed E-state index contributed by atoms with van der Waals surface area (Å²) in [5.74, 6) is 7.43. The van der Waals surface area contributed by atoms with Gasteiger partial charge in [0.05, 0.1) is 0 Å². The molecule has 0 radical (unpaired) electrons. The van der Waals surface area contributed by atoms with Gasteiger partial charge in [0.25, 0.3) is 0 Å². The van der Waals surface area contributed by atoms with E-state index in [1.165, 1.54) is 0 Å². The van der Waals surface area contributed by atoms with Crippen LogP contribution in [-0.4, -0.2) is 0 Å². The van der Waals surface area contributed by atoms with E-state index >= 15 is 0 Å². The SMILES string of the molecule is C#C/C=C(\C(=C/CC)OP(Oc1cc(C)ccc1C(C)C)Oc1ccc2ccccc2c1-c1c(OP(Oc2cc(C)ccc2C(C)C)Oc2cc(C)ccc2C(C)C)ccc2c1CCC=C2)C(C)C. The molecule has 0 aliphatic heterocycles. The molecular weight excluding hydrogens is 891 g/mol. The number of terminal acetylenes is 1. The molecule has 8 heteroatoms. The van der Waals surface area contributed by atoms with Crippen molar-refractivity contribution in [2.24, 2.45) is 5.92 Å². The lowest BCUT2D eigenvalue weighted by Gasteiger charge is -2.27. The van der Waals surface area contributed by atoms with E-state index in [0.717, 1.165) is 103 Å². The van der Waals surface area contributed by atoms with E-state index in [0.29, 0.717) is 23.0 Å². The number of hydrogen-bond acceptors (Lipinski definition) is 6. The number of benzene rings is 6. The molecule has 1 aliphatic rings. The number of hydrogen-bond donors (Lipinski definition) is 0. The van der Waals surface area contributed by atoms with Gasteiger partial charge in [-0.2, -0.15) is 0 Å². The monoisotopic (exact) mass is 958 g/mol. The standard InChI is InChI=1S/C61H68O6P2/c1-14-20-48(39(3)4)54(21-15-2)62-68(65-57-36-43(11)26-31-49(57)40(5)6)63-55-34-29-46-22-16-18-24-52(46)60(55)61-53-25-19-17-23-47(53)30-35-56(61)64-69(66-58-37-44(12)27-32-50(58)41(7)8)67-59-38-45(13)28-33-51(59)42(9)10/h1,16-18,20-24,26-42H,15,19,25H2,2-13H3/b48-20-,54-21+. The van der Waals surface area contributed by atoms with Gasteiger partial charge in [-0.15, -0.1) is 6.42 Å². The summed E-state index contributed by atoms with van der Waals surface area (Å²) in [4.78, 5) is 0. The normalized spacial score (nSPS) is 13.3. The second kappa shape index (κ2) is 23.1. The molecule has 7 rings (SSSR count). The molecule has 6 aromatic rings. The van der Waals surface area contributed by atoms with Gasteiger partial charge in [-0.1, -0.05) is 153 Å². The molecule has 0 N–H and O–H groups in total. The zero-order valence-corrected chi connectivity index (χ0v) is 44.3. The maximum Gasteiger partial charge on any atom is 0.530 e. The third-order valence-corrected chi connectivity index (χ3v) is 14.3. The van der Waals surface area contributed by atoms with Gasteiger partial charge >= 0.3 is 17.2 Å². The number of allylic oxidation sites excluding steroid dienone is 4. The van der Waals surface area contributed by atoms with Gasteiger partial charge in [0.15, 0.2) is 0 Å². The Morgan fingerprint density at radius 1 is 0.609 bits per heavy atom. The van der Waals surface area contributed by atoms with E-state index in [9.17, 15) is 0 Å². The number of rotatable bonds is 19. The van der Waals surface area contributed by atoms with Crippen molar-refractivity contribution < 1.29 is 27.1 Å². The van der Waals surface area contributed by atoms with E-state index in [-0.39, 0.29) is 23.7 Å². The molecule has 0 saturated carbocycles. The summed E-state index contributed by atoms with van der Waals surface area (Å²) >= 11 is 0. The van der Waals surface area contributed by atoms with Crippen LogP contribution < -0.4 is 22.6 Å². The summed E-state index contributed by atoms with van der Waals surface area (Å²) in [6.07, 6.45) is 16.6. The lowest BCUT2D eigenvalue weighted by molar-refractivity contribution is 0.330. The Morgan fingerprint density at radius 3 is 1.65 bits per heavy atom. The molecule has 0 heterocycles. The van der Waals surface area contributed by atoms with Gasteiger partial charge in [0, 0.05) is 16.7 Å². The Kier molecular flexibility index (Phi) is 17.0. The largest absolute Gasteiger partial charge is 0.530 e. The van der Waals surface area contributed by atoms with E-state index in [4.69, 9.17) is 33.6 Å². The van der Waals surface area contributed by atoms with Crippen LogP contribution in [0.2, 0.25) is 0 Å². The van der Waals surface area contributed by atoms with Gasteiger partial charge in [-0.05, 0) is 161 Å². The molecule has 0 amide bonds. The van der Waals surface area contributed by atoms with Crippen LogP contribution in [0, 0.1) is 39.0 Å². The minimum absolute atomic E-state index is 0.0768. The minimum Gasteiger partial charge on any atom is -0.409 e. The second-order valence-corrected chi connectivity index (χ2v) is 21.1. The molecule has 0 spiro atoms. The predicted molar refractivity (Wildman–Crippen MR) is 291 cm³/mol. The molecule has 1 atom stereocenters. The molecule has 0 aromatic heterocycles. The lowest BCUT2D eigenvalue weighted by Crippen LogP contribution is -2.09. The maximum absolute atomic E-state index is 7.31. The fraction of sp³-hybridized carbons (Fsp3) is 0.311. The average molecular weight is 959 g/mol.